The molecule has 0 aliphatic carbocycles. The van der Waals surface area contributed by atoms with Crippen LogP contribution in [0.4, 0.5) is 26.3 Å². The van der Waals surface area contributed by atoms with Gasteiger partial charge in [-0.25, -0.2) is 4.98 Å². The highest BCUT2D eigenvalue weighted by Gasteiger charge is 2.38. The molecule has 0 aliphatic heterocycles. The topological polar surface area (TPSA) is 25.8 Å². The van der Waals surface area contributed by atoms with Gasteiger partial charge >= 0.3 is 12.4 Å². The van der Waals surface area contributed by atoms with Gasteiger partial charge in [-0.15, -0.1) is 0 Å². The van der Waals surface area contributed by atoms with Crippen molar-refractivity contribution in [1.29, 1.82) is 0 Å². The van der Waals surface area contributed by atoms with E-state index in [1.54, 1.807) is 6.92 Å². The fourth-order valence-electron chi connectivity index (χ4n) is 2.69. The van der Waals surface area contributed by atoms with Gasteiger partial charge in [-0.3, -0.25) is 4.98 Å². The molecule has 2 nitrogen and oxygen atoms in total. The maximum Gasteiger partial charge on any atom is 0.434 e. The van der Waals surface area contributed by atoms with Crippen molar-refractivity contribution < 1.29 is 26.3 Å². The third-order valence-corrected chi connectivity index (χ3v) is 3.80. The molecule has 0 bridgehead atoms. The third kappa shape index (κ3) is 4.53. The molecule has 0 N–H and O–H groups in total. The number of hydrogen-bond donors (Lipinski definition) is 0. The van der Waals surface area contributed by atoms with Crippen molar-refractivity contribution >= 4 is 0 Å². The van der Waals surface area contributed by atoms with Gasteiger partial charge in [0.2, 0.25) is 0 Å². The molecule has 0 unspecified atom stereocenters. The molecule has 2 aromatic rings. The van der Waals surface area contributed by atoms with Gasteiger partial charge in [-0.2, -0.15) is 26.3 Å². The van der Waals surface area contributed by atoms with Gasteiger partial charge < -0.3 is 0 Å². The molecule has 0 fully saturated rings. The highest BCUT2D eigenvalue weighted by Crippen LogP contribution is 2.38. The van der Waals surface area contributed by atoms with E-state index in [2.05, 4.69) is 9.97 Å². The summed E-state index contributed by atoms with van der Waals surface area (Å²) in [5, 5.41) is 0. The Kier molecular flexibility index (Phi) is 5.93. The van der Waals surface area contributed by atoms with Crippen molar-refractivity contribution in [3.63, 3.8) is 0 Å². The van der Waals surface area contributed by atoms with Crippen LogP contribution in [0.2, 0.25) is 0 Å². The van der Waals surface area contributed by atoms with E-state index in [-0.39, 0.29) is 5.69 Å². The van der Waals surface area contributed by atoms with E-state index >= 15 is 0 Å². The average molecular weight is 376 g/mol. The molecule has 0 amide bonds. The Hall–Kier alpha value is -2.12. The number of aromatic nitrogens is 2. The number of aryl methyl sites for hydroxylation is 2. The van der Waals surface area contributed by atoms with Gasteiger partial charge in [0.15, 0.2) is 5.69 Å². The number of halogens is 6. The van der Waals surface area contributed by atoms with Crippen molar-refractivity contribution in [1.82, 2.24) is 9.97 Å². The Bertz CT molecular complexity index is 765. The minimum absolute atomic E-state index is 0.306. The van der Waals surface area contributed by atoms with E-state index in [1.807, 2.05) is 6.92 Å². The van der Waals surface area contributed by atoms with Crippen molar-refractivity contribution in [2.75, 3.05) is 0 Å². The molecule has 0 aliphatic rings. The molecule has 142 valence electrons. The van der Waals surface area contributed by atoms with Crippen LogP contribution in [0, 0.1) is 0 Å². The highest BCUT2D eigenvalue weighted by molar-refractivity contribution is 5.67. The molecule has 2 aromatic heterocycles. The fraction of sp³-hybridized carbons (Fsp3) is 0.444. The predicted octanol–water partition coefficient (Wildman–Crippen LogP) is 6.09. The summed E-state index contributed by atoms with van der Waals surface area (Å²) in [5.74, 6) is 0. The second-order valence-corrected chi connectivity index (χ2v) is 5.94. The summed E-state index contributed by atoms with van der Waals surface area (Å²) in [4.78, 5) is 7.03. The van der Waals surface area contributed by atoms with Crippen LogP contribution in [0.15, 0.2) is 24.4 Å². The first-order valence-electron chi connectivity index (χ1n) is 8.21. The maximum atomic E-state index is 13.4. The first-order valence-corrected chi connectivity index (χ1v) is 8.21. The van der Waals surface area contributed by atoms with Gasteiger partial charge in [0.05, 0.1) is 5.69 Å². The van der Waals surface area contributed by atoms with Crippen LogP contribution in [0.1, 0.15) is 49.2 Å². The van der Waals surface area contributed by atoms with Crippen LogP contribution < -0.4 is 0 Å². The van der Waals surface area contributed by atoms with Crippen molar-refractivity contribution in [3.8, 4) is 11.3 Å². The maximum absolute atomic E-state index is 13.4. The molecule has 26 heavy (non-hydrogen) atoms. The molecule has 0 spiro atoms. The number of rotatable bonds is 5. The predicted molar refractivity (Wildman–Crippen MR) is 85.5 cm³/mol. The third-order valence-electron chi connectivity index (χ3n) is 3.80. The lowest BCUT2D eigenvalue weighted by molar-refractivity contribution is -0.141. The summed E-state index contributed by atoms with van der Waals surface area (Å²) < 4.78 is 79.3. The number of pyridine rings is 2. The van der Waals surface area contributed by atoms with Crippen LogP contribution in [0.3, 0.4) is 0 Å². The van der Waals surface area contributed by atoms with Crippen LogP contribution in [-0.4, -0.2) is 9.97 Å². The lowest BCUT2D eigenvalue weighted by Crippen LogP contribution is -2.14. The van der Waals surface area contributed by atoms with E-state index in [9.17, 15) is 26.3 Å². The molecular weight excluding hydrogens is 358 g/mol. The Balaban J connectivity index is 2.76. The van der Waals surface area contributed by atoms with Gasteiger partial charge in [0.1, 0.15) is 5.69 Å². The smallest absolute Gasteiger partial charge is 0.251 e. The van der Waals surface area contributed by atoms with E-state index < -0.39 is 29.3 Å². The highest BCUT2D eigenvalue weighted by atomic mass is 19.4. The average Bonchev–Trinajstić information content (AvgIpc) is 2.53. The van der Waals surface area contributed by atoms with E-state index in [4.69, 9.17) is 0 Å². The van der Waals surface area contributed by atoms with Gasteiger partial charge in [-0.1, -0.05) is 32.8 Å². The van der Waals surface area contributed by atoms with Gasteiger partial charge in [0.25, 0.3) is 0 Å². The summed E-state index contributed by atoms with van der Waals surface area (Å²) in [5.41, 5.74) is -2.29. The van der Waals surface area contributed by atoms with Crippen LogP contribution in [0.5, 0.6) is 0 Å². The van der Waals surface area contributed by atoms with E-state index in [0.717, 1.165) is 12.3 Å². The van der Waals surface area contributed by atoms with E-state index in [0.29, 0.717) is 36.8 Å². The van der Waals surface area contributed by atoms with Crippen molar-refractivity contribution in [3.05, 3.63) is 46.9 Å². The first-order chi connectivity index (χ1) is 12.1. The first kappa shape index (κ1) is 20.2. The quantitative estimate of drug-likeness (QED) is 0.591. The second kappa shape index (κ2) is 7.63. The molecule has 0 radical (unpaired) electrons. The molecule has 2 heterocycles. The Labute approximate surface area is 147 Å². The van der Waals surface area contributed by atoms with Crippen molar-refractivity contribution in [2.24, 2.45) is 0 Å². The zero-order valence-electron chi connectivity index (χ0n) is 14.3. The van der Waals surface area contributed by atoms with Gasteiger partial charge in [-0.05, 0) is 36.1 Å². The largest absolute Gasteiger partial charge is 0.434 e. The monoisotopic (exact) mass is 376 g/mol. The molecule has 2 rings (SSSR count). The van der Waals surface area contributed by atoms with Gasteiger partial charge in [0, 0.05) is 11.8 Å². The Morgan fingerprint density at radius 3 is 2.08 bits per heavy atom. The number of hydrogen-bond acceptors (Lipinski definition) is 2. The zero-order chi connectivity index (χ0) is 19.5. The molecule has 0 atom stereocenters. The molecule has 8 heteroatoms. The summed E-state index contributed by atoms with van der Waals surface area (Å²) in [6.07, 6.45) is -6.40. The fourth-order valence-corrected chi connectivity index (χ4v) is 2.69. The molecule has 0 saturated heterocycles. The minimum atomic E-state index is -4.79. The standard InChI is InChI=1S/C18H18F6N2/c1-3-5-11-9-13(16(25-10-11)18(22,23)24)15-12(6-4-2)7-8-14(26-15)17(19,20)21/h7-10H,3-6H2,1-2H3. The lowest BCUT2D eigenvalue weighted by Gasteiger charge is -2.17. The normalized spacial score (nSPS) is 12.5. The number of alkyl halides is 6. The van der Waals surface area contributed by atoms with Crippen LogP contribution >= 0.6 is 0 Å². The van der Waals surface area contributed by atoms with E-state index in [1.165, 1.54) is 12.1 Å². The summed E-state index contributed by atoms with van der Waals surface area (Å²) in [6, 6.07) is 3.24. The Morgan fingerprint density at radius 1 is 0.885 bits per heavy atom. The SMILES string of the molecule is CCCc1cnc(C(F)(F)F)c(-c2nc(C(F)(F)F)ccc2CCC)c1. The summed E-state index contributed by atoms with van der Waals surface area (Å²) in [7, 11) is 0. The minimum Gasteiger partial charge on any atom is -0.251 e. The molecular formula is C18H18F6N2. The molecule has 0 aromatic carbocycles. The summed E-state index contributed by atoms with van der Waals surface area (Å²) in [6.45, 7) is 3.64. The Morgan fingerprint density at radius 2 is 1.54 bits per heavy atom. The van der Waals surface area contributed by atoms with Crippen LogP contribution in [-0.2, 0) is 25.2 Å². The zero-order valence-corrected chi connectivity index (χ0v) is 14.3. The van der Waals surface area contributed by atoms with Crippen molar-refractivity contribution in [2.45, 2.75) is 51.9 Å². The molecule has 0 saturated carbocycles. The lowest BCUT2D eigenvalue weighted by atomic mass is 9.98. The second-order valence-electron chi connectivity index (χ2n) is 5.94. The summed E-state index contributed by atoms with van der Waals surface area (Å²) >= 11 is 0. The van der Waals surface area contributed by atoms with Crippen LogP contribution in [0.25, 0.3) is 11.3 Å². The number of nitrogens with zero attached hydrogens (tertiary/aromatic N) is 2.